The first kappa shape index (κ1) is 68.5. The molecule has 0 unspecified atom stereocenters. The molecule has 2 heterocycles. The van der Waals surface area contributed by atoms with Gasteiger partial charge in [0.05, 0.1) is 34.2 Å². The Morgan fingerprint density at radius 1 is 0.536 bits per heavy atom. The molecule has 384 valence electrons. The molecule has 7 rings (SSSR count). The fraction of sp³-hybridized carbons (Fsp3) is 0.435. The molecule has 2 aromatic heterocycles. The lowest BCUT2D eigenvalue weighted by Gasteiger charge is -2.05. The number of para-hydroxylation sites is 2. The molecular weight excluding hydrogens is 933 g/mol. The van der Waals surface area contributed by atoms with Crippen molar-refractivity contribution in [3.63, 3.8) is 0 Å². The molecule has 0 saturated carbocycles. The number of aromatic nitrogens is 2. The van der Waals surface area contributed by atoms with E-state index in [1.165, 1.54) is 39.8 Å². The number of hydrogen-bond donors (Lipinski definition) is 1. The van der Waals surface area contributed by atoms with Gasteiger partial charge in [-0.2, -0.15) is 0 Å². The summed E-state index contributed by atoms with van der Waals surface area (Å²) in [6.07, 6.45) is 5.38. The van der Waals surface area contributed by atoms with Crippen LogP contribution in [0, 0.1) is 25.7 Å². The number of imidazole rings is 1. The van der Waals surface area contributed by atoms with Crippen molar-refractivity contribution in [3.05, 3.63) is 190 Å². The van der Waals surface area contributed by atoms with Crippen LogP contribution in [0.2, 0.25) is 0 Å². The maximum absolute atomic E-state index is 11.7. The van der Waals surface area contributed by atoms with Crippen LogP contribution in [0.25, 0.3) is 11.0 Å². The van der Waals surface area contributed by atoms with E-state index in [1.807, 2.05) is 50.2 Å². The summed E-state index contributed by atoms with van der Waals surface area (Å²) in [7, 11) is -3.06. The van der Waals surface area contributed by atoms with Gasteiger partial charge >= 0.3 is 0 Å². The van der Waals surface area contributed by atoms with Gasteiger partial charge in [-0.15, -0.1) is 0 Å². The normalized spacial score (nSPS) is 10.3. The van der Waals surface area contributed by atoms with Gasteiger partial charge in [0.2, 0.25) is 0 Å². The van der Waals surface area contributed by atoms with Crippen LogP contribution in [-0.4, -0.2) is 24.1 Å². The Bertz CT molecular complexity index is 2300. The van der Waals surface area contributed by atoms with Gasteiger partial charge < -0.3 is 9.40 Å². The third-order valence-electron chi connectivity index (χ3n) is 10.3. The summed E-state index contributed by atoms with van der Waals surface area (Å²) in [6, 6.07) is 44.7. The van der Waals surface area contributed by atoms with Gasteiger partial charge in [-0.05, 0) is 121 Å². The number of sulfone groups is 1. The molecule has 7 heteroatoms. The average molecular weight is 1030 g/mol. The highest BCUT2D eigenvalue weighted by atomic mass is 79.9. The summed E-state index contributed by atoms with van der Waals surface area (Å²) in [5.41, 5.74) is 10.4. The molecule has 0 aliphatic heterocycles. The molecule has 0 fully saturated rings. The number of aromatic amines is 1. The van der Waals surface area contributed by atoms with E-state index in [-0.39, 0.29) is 35.5 Å². The summed E-state index contributed by atoms with van der Waals surface area (Å²) in [5, 5.41) is 0. The number of nitrogens with one attached hydrogen (secondary N) is 1. The van der Waals surface area contributed by atoms with Crippen LogP contribution in [0.5, 0.6) is 0 Å². The highest BCUT2D eigenvalue weighted by Crippen LogP contribution is 2.18. The van der Waals surface area contributed by atoms with E-state index in [2.05, 4.69) is 182 Å². The molecule has 0 saturated heterocycles. The third-order valence-corrected chi connectivity index (χ3v) is 12.6. The van der Waals surface area contributed by atoms with Gasteiger partial charge in [0, 0.05) is 10.4 Å². The molecule has 0 aliphatic rings. The minimum Gasteiger partial charge on any atom is -0.472 e. The Morgan fingerprint density at radius 3 is 1.38 bits per heavy atom. The molecule has 1 N–H and O–H groups in total. The largest absolute Gasteiger partial charge is 0.472 e. The Labute approximate surface area is 432 Å². The fourth-order valence-electron chi connectivity index (χ4n) is 5.98. The van der Waals surface area contributed by atoms with Crippen LogP contribution in [0.1, 0.15) is 182 Å². The van der Waals surface area contributed by atoms with Crippen molar-refractivity contribution >= 4 is 36.8 Å². The zero-order chi connectivity index (χ0) is 48.5. The van der Waals surface area contributed by atoms with E-state index >= 15 is 0 Å². The number of halogens is 1. The minimum absolute atomic E-state index is 0. The number of nitrogens with zero attached hydrogens (tertiary/aromatic N) is 1. The molecule has 0 radical (unpaired) electrons. The van der Waals surface area contributed by atoms with Crippen molar-refractivity contribution in [2.45, 2.75) is 168 Å². The molecule has 69 heavy (non-hydrogen) atoms. The van der Waals surface area contributed by atoms with E-state index in [0.717, 1.165) is 33.7 Å². The fourth-order valence-corrected chi connectivity index (χ4v) is 7.83. The van der Waals surface area contributed by atoms with Crippen LogP contribution < -0.4 is 0 Å². The van der Waals surface area contributed by atoms with Crippen LogP contribution >= 0.6 is 15.9 Å². The standard InChI is InChI=1S/C11H16O2S.C10H13Br.C10H12N2.2C10H14.C7H10O.4CH4/c1-10(2)8-9-14(12,13)11-6-4-3-5-7-11;1-8(2)7-9-3-5-10(11)6-4-9;1-7(2)10-11-8-5-3-4-6-9(8)12-10;2*1-8(2)10-6-4-9(3)5-7-10;1-6(2)7-3-4-8-5-7;;;;/h3-7,10H,8-9H2,1-2H3;3-6,8H,7H2,1-2H3;3-7H,1-2H3,(H,11,12);2*4-8H,1-3H3;3-6H,1-2H3;4*1H4. The predicted molar refractivity (Wildman–Crippen MR) is 311 cm³/mol. The molecule has 5 aromatic carbocycles. The monoisotopic (exact) mass is 1030 g/mol. The number of furan rings is 1. The van der Waals surface area contributed by atoms with Crippen molar-refractivity contribution in [1.29, 1.82) is 0 Å². The van der Waals surface area contributed by atoms with E-state index in [4.69, 9.17) is 4.42 Å². The molecule has 0 bridgehead atoms. The smallest absolute Gasteiger partial charge is 0.178 e. The summed E-state index contributed by atoms with van der Waals surface area (Å²) in [5.74, 6) is 4.85. The lowest BCUT2D eigenvalue weighted by molar-refractivity contribution is 0.561. The van der Waals surface area contributed by atoms with E-state index in [9.17, 15) is 8.42 Å². The van der Waals surface area contributed by atoms with Gasteiger partial charge in [0.15, 0.2) is 9.84 Å². The molecule has 0 aliphatic carbocycles. The lowest BCUT2D eigenvalue weighted by Crippen LogP contribution is -2.08. The van der Waals surface area contributed by atoms with Crippen molar-refractivity contribution in [2.24, 2.45) is 11.8 Å². The lowest BCUT2D eigenvalue weighted by atomic mass is 10.0. The average Bonchev–Trinajstić information content (AvgIpc) is 3.98. The van der Waals surface area contributed by atoms with Crippen LogP contribution in [0.3, 0.4) is 0 Å². The number of H-pyrrole nitrogens is 1. The third kappa shape index (κ3) is 28.5. The second kappa shape index (κ2) is 36.3. The zero-order valence-corrected chi connectivity index (χ0v) is 44.3. The highest BCUT2D eigenvalue weighted by Gasteiger charge is 2.14. The number of aryl methyl sites for hydroxylation is 2. The Morgan fingerprint density at radius 2 is 1.00 bits per heavy atom. The quantitative estimate of drug-likeness (QED) is 0.148. The van der Waals surface area contributed by atoms with Gasteiger partial charge in [0.25, 0.3) is 0 Å². The summed E-state index contributed by atoms with van der Waals surface area (Å²) in [4.78, 5) is 8.17. The summed E-state index contributed by atoms with van der Waals surface area (Å²) < 4.78 is 29.5. The first-order valence-corrected chi connectivity index (χ1v) is 25.7. The van der Waals surface area contributed by atoms with Gasteiger partial charge in [0.1, 0.15) is 5.82 Å². The van der Waals surface area contributed by atoms with Crippen molar-refractivity contribution < 1.29 is 12.8 Å². The maximum atomic E-state index is 11.7. The first-order valence-electron chi connectivity index (χ1n) is 23.3. The first-order chi connectivity index (χ1) is 30.7. The molecule has 5 nitrogen and oxygen atoms in total. The van der Waals surface area contributed by atoms with Crippen LogP contribution in [0.15, 0.2) is 160 Å². The second-order valence-corrected chi connectivity index (χ2v) is 21.7. The molecule has 7 aromatic rings. The number of hydrogen-bond acceptors (Lipinski definition) is 4. The Balaban J connectivity index is -0.000000754. The zero-order valence-electron chi connectivity index (χ0n) is 41.9. The summed E-state index contributed by atoms with van der Waals surface area (Å²) in [6.45, 7) is 30.2. The van der Waals surface area contributed by atoms with E-state index in [1.54, 1.807) is 36.8 Å². The van der Waals surface area contributed by atoms with Gasteiger partial charge in [-0.1, -0.05) is 231 Å². The highest BCUT2D eigenvalue weighted by molar-refractivity contribution is 9.10. The molecule has 0 atom stereocenters. The topological polar surface area (TPSA) is 76.0 Å². The SMILES string of the molecule is C.C.C.C.CC(C)CCS(=O)(=O)c1ccccc1.CC(C)Cc1ccc(Br)cc1.CC(C)c1ccoc1.CC(C)c1nc2ccccc2[nH]1.Cc1ccc(C(C)C)cc1.Cc1ccc(C(C)C)cc1. The number of rotatable bonds is 10. The maximum Gasteiger partial charge on any atom is 0.178 e. The van der Waals surface area contributed by atoms with Crippen molar-refractivity contribution in [1.82, 2.24) is 9.97 Å². The van der Waals surface area contributed by atoms with Crippen molar-refractivity contribution in [3.8, 4) is 0 Å². The molecule has 0 amide bonds. The minimum atomic E-state index is -3.06. The van der Waals surface area contributed by atoms with Gasteiger partial charge in [-0.3, -0.25) is 0 Å². The Kier molecular flexibility index (Phi) is 36.0. The second-order valence-electron chi connectivity index (χ2n) is 18.7. The number of fused-ring (bicyclic) bond motifs is 1. The Hall–Kier alpha value is -4.72. The van der Waals surface area contributed by atoms with E-state index in [0.29, 0.717) is 34.5 Å². The number of benzene rings is 5. The predicted octanol–water partition coefficient (Wildman–Crippen LogP) is 20.0. The molecular formula is C62H95BrN2O3S. The van der Waals surface area contributed by atoms with E-state index < -0.39 is 9.84 Å². The summed E-state index contributed by atoms with van der Waals surface area (Å²) >= 11 is 3.41. The van der Waals surface area contributed by atoms with Gasteiger partial charge in [-0.25, -0.2) is 13.4 Å². The molecule has 0 spiro atoms. The van der Waals surface area contributed by atoms with Crippen LogP contribution in [-0.2, 0) is 16.3 Å². The van der Waals surface area contributed by atoms with Crippen molar-refractivity contribution in [2.75, 3.05) is 5.75 Å². The van der Waals surface area contributed by atoms with Crippen LogP contribution in [0.4, 0.5) is 0 Å².